The number of nitrogens with one attached hydrogen (secondary N) is 1. The predicted octanol–water partition coefficient (Wildman–Crippen LogP) is 3.74. The third-order valence-electron chi connectivity index (χ3n) is 2.15. The van der Waals surface area contributed by atoms with E-state index in [0.717, 1.165) is 12.3 Å². The fourth-order valence-electron chi connectivity index (χ4n) is 1.32. The predicted molar refractivity (Wildman–Crippen MR) is 70.3 cm³/mol. The van der Waals surface area contributed by atoms with Gasteiger partial charge in [-0.3, -0.25) is 0 Å². The van der Waals surface area contributed by atoms with E-state index in [4.69, 9.17) is 4.74 Å². The van der Waals surface area contributed by atoms with Crippen molar-refractivity contribution in [2.24, 2.45) is 0 Å². The quantitative estimate of drug-likeness (QED) is 0.928. The third-order valence-corrected chi connectivity index (χ3v) is 2.80. The molecule has 0 bridgehead atoms. The van der Waals surface area contributed by atoms with Crippen LogP contribution in [0.15, 0.2) is 28.9 Å². The van der Waals surface area contributed by atoms with Crippen LogP contribution in [-0.4, -0.2) is 16.5 Å². The number of anilines is 1. The Kier molecular flexibility index (Phi) is 4.26. The van der Waals surface area contributed by atoms with Gasteiger partial charge >= 0.3 is 0 Å². The van der Waals surface area contributed by atoms with Crippen LogP contribution in [0.1, 0.15) is 6.92 Å². The molecule has 1 heterocycles. The Hall–Kier alpha value is -1.76. The van der Waals surface area contributed by atoms with Crippen LogP contribution >= 0.6 is 15.9 Å². The molecule has 2 rings (SSSR count). The second-order valence-corrected chi connectivity index (χ2v) is 4.41. The third kappa shape index (κ3) is 3.37. The second kappa shape index (κ2) is 5.92. The summed E-state index contributed by atoms with van der Waals surface area (Å²) in [5.41, 5.74) is 0. The van der Waals surface area contributed by atoms with E-state index >= 15 is 0 Å². The van der Waals surface area contributed by atoms with Gasteiger partial charge < -0.3 is 10.1 Å². The molecule has 1 N–H and O–H groups in total. The Morgan fingerprint density at radius 2 is 2.11 bits per heavy atom. The van der Waals surface area contributed by atoms with Gasteiger partial charge in [0, 0.05) is 12.6 Å². The molecule has 0 fully saturated rings. The van der Waals surface area contributed by atoms with E-state index < -0.39 is 11.6 Å². The number of hydrogen-bond donors (Lipinski definition) is 1. The van der Waals surface area contributed by atoms with E-state index in [2.05, 4.69) is 31.2 Å². The van der Waals surface area contributed by atoms with Crippen molar-refractivity contribution in [2.45, 2.75) is 6.92 Å². The number of halogens is 3. The van der Waals surface area contributed by atoms with Gasteiger partial charge in [-0.05, 0) is 35.0 Å². The van der Waals surface area contributed by atoms with E-state index in [0.29, 0.717) is 11.0 Å². The monoisotopic (exact) mass is 329 g/mol. The van der Waals surface area contributed by atoms with Gasteiger partial charge in [-0.15, -0.1) is 0 Å². The molecule has 0 unspecified atom stereocenters. The lowest BCUT2D eigenvalue weighted by Gasteiger charge is -2.08. The molecule has 100 valence electrons. The first-order chi connectivity index (χ1) is 9.10. The van der Waals surface area contributed by atoms with Crippen molar-refractivity contribution in [3.63, 3.8) is 0 Å². The molecule has 19 heavy (non-hydrogen) atoms. The smallest absolute Gasteiger partial charge is 0.260 e. The summed E-state index contributed by atoms with van der Waals surface area (Å²) in [4.78, 5) is 7.60. The van der Waals surface area contributed by atoms with Crippen molar-refractivity contribution >= 4 is 21.9 Å². The molecule has 7 heteroatoms. The van der Waals surface area contributed by atoms with E-state index in [1.807, 2.05) is 6.92 Å². The molecular formula is C12H10BrF2N3O. The summed E-state index contributed by atoms with van der Waals surface area (Å²) >= 11 is 3.02. The van der Waals surface area contributed by atoms with Gasteiger partial charge in [0.15, 0.2) is 0 Å². The van der Waals surface area contributed by atoms with E-state index in [1.165, 1.54) is 12.1 Å². The van der Waals surface area contributed by atoms with Gasteiger partial charge in [0.25, 0.3) is 5.88 Å². The van der Waals surface area contributed by atoms with Crippen molar-refractivity contribution in [1.29, 1.82) is 0 Å². The first-order valence-corrected chi connectivity index (χ1v) is 6.28. The molecule has 0 saturated heterocycles. The van der Waals surface area contributed by atoms with Crippen molar-refractivity contribution in [2.75, 3.05) is 11.9 Å². The zero-order chi connectivity index (χ0) is 13.8. The van der Waals surface area contributed by atoms with Crippen LogP contribution in [0.5, 0.6) is 11.6 Å². The van der Waals surface area contributed by atoms with Gasteiger partial charge in [0.1, 0.15) is 11.6 Å². The SMILES string of the molecule is CCNc1ncc(F)c(Oc2ccc(Br)c(F)c2)n1. The van der Waals surface area contributed by atoms with Crippen LogP contribution in [0.25, 0.3) is 0 Å². The number of rotatable bonds is 4. The molecule has 2 aromatic rings. The molecular weight excluding hydrogens is 320 g/mol. The minimum atomic E-state index is -0.718. The van der Waals surface area contributed by atoms with Gasteiger partial charge in [-0.2, -0.15) is 9.37 Å². The highest BCUT2D eigenvalue weighted by Gasteiger charge is 2.10. The number of aromatic nitrogens is 2. The molecule has 0 amide bonds. The molecule has 4 nitrogen and oxygen atoms in total. The fourth-order valence-corrected chi connectivity index (χ4v) is 1.56. The Morgan fingerprint density at radius 3 is 2.79 bits per heavy atom. The maximum atomic E-state index is 13.5. The van der Waals surface area contributed by atoms with Gasteiger partial charge in [-0.25, -0.2) is 9.37 Å². The van der Waals surface area contributed by atoms with Gasteiger partial charge in [0.05, 0.1) is 10.7 Å². The van der Waals surface area contributed by atoms with Crippen LogP contribution in [0.4, 0.5) is 14.7 Å². The van der Waals surface area contributed by atoms with E-state index in [9.17, 15) is 8.78 Å². The molecule has 0 atom stereocenters. The number of benzene rings is 1. The largest absolute Gasteiger partial charge is 0.436 e. The molecule has 1 aromatic heterocycles. The van der Waals surface area contributed by atoms with Crippen molar-refractivity contribution in [3.8, 4) is 11.6 Å². The first-order valence-electron chi connectivity index (χ1n) is 5.49. The Balaban J connectivity index is 2.26. The highest BCUT2D eigenvalue weighted by molar-refractivity contribution is 9.10. The first kappa shape index (κ1) is 13.7. The average molecular weight is 330 g/mol. The molecule has 0 aliphatic carbocycles. The summed E-state index contributed by atoms with van der Waals surface area (Å²) in [5.74, 6) is -1.08. The summed E-state index contributed by atoms with van der Waals surface area (Å²) in [6.07, 6.45) is 0.996. The van der Waals surface area contributed by atoms with Crippen LogP contribution in [-0.2, 0) is 0 Å². The number of hydrogen-bond acceptors (Lipinski definition) is 4. The highest BCUT2D eigenvalue weighted by atomic mass is 79.9. The van der Waals surface area contributed by atoms with Crippen LogP contribution < -0.4 is 10.1 Å². The number of nitrogens with zero attached hydrogens (tertiary/aromatic N) is 2. The molecule has 1 aromatic carbocycles. The summed E-state index contributed by atoms with van der Waals surface area (Å²) in [5, 5.41) is 2.83. The zero-order valence-corrected chi connectivity index (χ0v) is 11.5. The van der Waals surface area contributed by atoms with Gasteiger partial charge in [0.2, 0.25) is 11.8 Å². The summed E-state index contributed by atoms with van der Waals surface area (Å²) in [6, 6.07) is 4.11. The van der Waals surface area contributed by atoms with E-state index in [-0.39, 0.29) is 17.6 Å². The van der Waals surface area contributed by atoms with Crippen LogP contribution in [0.2, 0.25) is 0 Å². The Labute approximate surface area is 117 Å². The molecule has 0 saturated carbocycles. The highest BCUT2D eigenvalue weighted by Crippen LogP contribution is 2.26. The number of ether oxygens (including phenoxy) is 1. The lowest BCUT2D eigenvalue weighted by Crippen LogP contribution is -2.04. The Bertz CT molecular complexity index is 595. The Morgan fingerprint density at radius 1 is 1.32 bits per heavy atom. The summed E-state index contributed by atoms with van der Waals surface area (Å²) in [6.45, 7) is 2.45. The van der Waals surface area contributed by atoms with Crippen molar-refractivity contribution in [3.05, 3.63) is 40.5 Å². The molecule has 0 radical (unpaired) electrons. The minimum absolute atomic E-state index is 0.153. The standard InChI is InChI=1S/C12H10BrF2N3O/c1-2-16-12-17-6-10(15)11(18-12)19-7-3-4-8(13)9(14)5-7/h3-6H,2H2,1H3,(H,16,17,18). The second-order valence-electron chi connectivity index (χ2n) is 3.56. The maximum absolute atomic E-state index is 13.5. The fraction of sp³-hybridized carbons (Fsp3) is 0.167. The molecule has 0 aliphatic heterocycles. The van der Waals surface area contributed by atoms with E-state index in [1.54, 1.807) is 0 Å². The average Bonchev–Trinajstić information content (AvgIpc) is 2.38. The zero-order valence-electron chi connectivity index (χ0n) is 9.95. The minimum Gasteiger partial charge on any atom is -0.436 e. The lowest BCUT2D eigenvalue weighted by atomic mass is 10.3. The maximum Gasteiger partial charge on any atom is 0.260 e. The van der Waals surface area contributed by atoms with Crippen molar-refractivity contribution in [1.82, 2.24) is 9.97 Å². The molecule has 0 spiro atoms. The molecule has 0 aliphatic rings. The van der Waals surface area contributed by atoms with Gasteiger partial charge in [-0.1, -0.05) is 0 Å². The van der Waals surface area contributed by atoms with Crippen molar-refractivity contribution < 1.29 is 13.5 Å². The lowest BCUT2D eigenvalue weighted by molar-refractivity contribution is 0.417. The van der Waals surface area contributed by atoms with Crippen LogP contribution in [0.3, 0.4) is 0 Å². The topological polar surface area (TPSA) is 47.0 Å². The summed E-state index contributed by atoms with van der Waals surface area (Å²) in [7, 11) is 0. The van der Waals surface area contributed by atoms with Crippen LogP contribution in [0, 0.1) is 11.6 Å². The summed E-state index contributed by atoms with van der Waals surface area (Å²) < 4.78 is 32.3. The normalized spacial score (nSPS) is 10.3.